The highest BCUT2D eigenvalue weighted by Crippen LogP contribution is 2.31. The molecule has 3 aromatic carbocycles. The third-order valence-corrected chi connectivity index (χ3v) is 6.45. The Kier molecular flexibility index (Phi) is 7.04. The quantitative estimate of drug-likeness (QED) is 0.522. The van der Waals surface area contributed by atoms with Crippen LogP contribution in [-0.2, 0) is 14.6 Å². The number of methoxy groups -OCH3 is 2. The lowest BCUT2D eigenvalue weighted by Crippen LogP contribution is -2.23. The van der Waals surface area contributed by atoms with Gasteiger partial charge >= 0.3 is 0 Å². The molecule has 31 heavy (non-hydrogen) atoms. The molecule has 7 nitrogen and oxygen atoms in total. The number of ether oxygens (including phenoxy) is 2. The minimum absolute atomic E-state index is 0.00573. The summed E-state index contributed by atoms with van der Waals surface area (Å²) in [6.45, 7) is -0.181. The van der Waals surface area contributed by atoms with Gasteiger partial charge in [0.2, 0.25) is 15.7 Å². The SMILES string of the molecule is COc1ccc(NCC(=O)Nc2cc(Cl)ccc2OC)c(S(=O)(=O)c2ccccc2)c1. The van der Waals surface area contributed by atoms with Crippen molar-refractivity contribution in [2.45, 2.75) is 9.79 Å². The Labute approximate surface area is 185 Å². The second-order valence-corrected chi connectivity index (χ2v) is 8.78. The number of amides is 1. The molecule has 0 fully saturated rings. The van der Waals surface area contributed by atoms with Crippen LogP contribution >= 0.6 is 11.6 Å². The Hall–Kier alpha value is -3.23. The third kappa shape index (κ3) is 5.28. The number of halogens is 1. The summed E-state index contributed by atoms with van der Waals surface area (Å²) in [5.41, 5.74) is 0.687. The van der Waals surface area contributed by atoms with Crippen molar-refractivity contribution in [3.63, 3.8) is 0 Å². The first kappa shape index (κ1) is 22.5. The van der Waals surface area contributed by atoms with Crippen LogP contribution in [0.25, 0.3) is 0 Å². The molecule has 2 N–H and O–H groups in total. The molecule has 0 aliphatic heterocycles. The molecule has 0 bridgehead atoms. The summed E-state index contributed by atoms with van der Waals surface area (Å²) in [7, 11) is -0.904. The molecule has 0 spiro atoms. The van der Waals surface area contributed by atoms with E-state index in [0.717, 1.165) is 0 Å². The van der Waals surface area contributed by atoms with E-state index < -0.39 is 15.7 Å². The lowest BCUT2D eigenvalue weighted by Gasteiger charge is -2.15. The lowest BCUT2D eigenvalue weighted by molar-refractivity contribution is -0.114. The summed E-state index contributed by atoms with van der Waals surface area (Å²) >= 11 is 5.99. The highest BCUT2D eigenvalue weighted by Gasteiger charge is 2.22. The number of hydrogen-bond acceptors (Lipinski definition) is 6. The van der Waals surface area contributed by atoms with Gasteiger partial charge in [0.15, 0.2) is 0 Å². The number of sulfone groups is 1. The summed E-state index contributed by atoms with van der Waals surface area (Å²) in [6.07, 6.45) is 0. The van der Waals surface area contributed by atoms with E-state index in [1.54, 1.807) is 48.5 Å². The van der Waals surface area contributed by atoms with Gasteiger partial charge in [0.1, 0.15) is 11.5 Å². The van der Waals surface area contributed by atoms with Crippen molar-refractivity contribution in [2.24, 2.45) is 0 Å². The van der Waals surface area contributed by atoms with Crippen LogP contribution in [0.5, 0.6) is 11.5 Å². The van der Waals surface area contributed by atoms with E-state index in [9.17, 15) is 13.2 Å². The molecule has 3 rings (SSSR count). The van der Waals surface area contributed by atoms with E-state index in [2.05, 4.69) is 10.6 Å². The third-order valence-electron chi connectivity index (χ3n) is 4.41. The average Bonchev–Trinajstić information content (AvgIpc) is 2.78. The fourth-order valence-corrected chi connectivity index (χ4v) is 4.51. The number of anilines is 2. The van der Waals surface area contributed by atoms with Crippen LogP contribution in [-0.4, -0.2) is 35.1 Å². The van der Waals surface area contributed by atoms with E-state index in [4.69, 9.17) is 21.1 Å². The molecule has 0 atom stereocenters. The van der Waals surface area contributed by atoms with Gasteiger partial charge in [-0.1, -0.05) is 29.8 Å². The van der Waals surface area contributed by atoms with E-state index in [1.165, 1.54) is 32.4 Å². The van der Waals surface area contributed by atoms with Crippen LogP contribution in [0.4, 0.5) is 11.4 Å². The monoisotopic (exact) mass is 460 g/mol. The van der Waals surface area contributed by atoms with E-state index >= 15 is 0 Å². The summed E-state index contributed by atoms with van der Waals surface area (Å²) < 4.78 is 36.7. The average molecular weight is 461 g/mol. The molecule has 0 heterocycles. The van der Waals surface area contributed by atoms with Gasteiger partial charge in [-0.25, -0.2) is 8.42 Å². The zero-order valence-electron chi connectivity index (χ0n) is 16.9. The van der Waals surface area contributed by atoms with Crippen molar-refractivity contribution in [1.29, 1.82) is 0 Å². The standard InChI is InChI=1S/C22H21ClN2O5S/c1-29-16-9-10-18(21(13-16)31(27,28)17-6-4-3-5-7-17)24-14-22(26)25-19-12-15(23)8-11-20(19)30-2/h3-13,24H,14H2,1-2H3,(H,25,26). The first-order chi connectivity index (χ1) is 14.8. The number of carbonyl (C=O) groups is 1. The Bertz CT molecular complexity index is 1180. The van der Waals surface area contributed by atoms with Crippen molar-refractivity contribution in [2.75, 3.05) is 31.4 Å². The van der Waals surface area contributed by atoms with E-state index in [1.807, 2.05) is 0 Å². The lowest BCUT2D eigenvalue weighted by atomic mass is 10.2. The van der Waals surface area contributed by atoms with Gasteiger partial charge in [0, 0.05) is 11.1 Å². The maximum absolute atomic E-state index is 13.2. The van der Waals surface area contributed by atoms with Gasteiger partial charge in [-0.2, -0.15) is 0 Å². The second kappa shape index (κ2) is 9.72. The van der Waals surface area contributed by atoms with E-state index in [0.29, 0.717) is 22.2 Å². The predicted molar refractivity (Wildman–Crippen MR) is 120 cm³/mol. The fourth-order valence-electron chi connectivity index (χ4n) is 2.87. The molecule has 0 radical (unpaired) electrons. The summed E-state index contributed by atoms with van der Waals surface area (Å²) in [5.74, 6) is 0.433. The summed E-state index contributed by atoms with van der Waals surface area (Å²) in [6, 6.07) is 17.5. The molecule has 9 heteroatoms. The predicted octanol–water partition coefficient (Wildman–Crippen LogP) is 4.24. The number of rotatable bonds is 8. The molecular weight excluding hydrogens is 440 g/mol. The van der Waals surface area contributed by atoms with Crippen molar-refractivity contribution in [1.82, 2.24) is 0 Å². The Morgan fingerprint density at radius 1 is 0.935 bits per heavy atom. The van der Waals surface area contributed by atoms with Crippen LogP contribution in [0.3, 0.4) is 0 Å². The maximum atomic E-state index is 13.2. The van der Waals surface area contributed by atoms with Crippen molar-refractivity contribution in [3.05, 3.63) is 71.8 Å². The smallest absolute Gasteiger partial charge is 0.243 e. The minimum Gasteiger partial charge on any atom is -0.497 e. The molecule has 0 unspecified atom stereocenters. The molecule has 162 valence electrons. The van der Waals surface area contributed by atoms with Crippen LogP contribution in [0.2, 0.25) is 5.02 Å². The van der Waals surface area contributed by atoms with Crippen molar-refractivity contribution >= 4 is 38.7 Å². The fraction of sp³-hybridized carbons (Fsp3) is 0.136. The van der Waals surface area contributed by atoms with Crippen LogP contribution in [0.15, 0.2) is 76.5 Å². The second-order valence-electron chi connectivity index (χ2n) is 6.42. The molecule has 0 aromatic heterocycles. The zero-order valence-corrected chi connectivity index (χ0v) is 18.5. The van der Waals surface area contributed by atoms with Crippen LogP contribution < -0.4 is 20.1 Å². The largest absolute Gasteiger partial charge is 0.497 e. The molecule has 3 aromatic rings. The van der Waals surface area contributed by atoms with Gasteiger partial charge in [-0.05, 0) is 42.5 Å². The van der Waals surface area contributed by atoms with Gasteiger partial charge < -0.3 is 20.1 Å². The Balaban J connectivity index is 1.84. The number of carbonyl (C=O) groups excluding carboxylic acids is 1. The minimum atomic E-state index is -3.84. The molecular formula is C22H21ClN2O5S. The Morgan fingerprint density at radius 2 is 1.68 bits per heavy atom. The molecule has 0 aliphatic rings. The van der Waals surface area contributed by atoms with Crippen molar-refractivity contribution < 1.29 is 22.7 Å². The first-order valence-corrected chi connectivity index (χ1v) is 11.1. The zero-order chi connectivity index (χ0) is 22.4. The number of hydrogen-bond donors (Lipinski definition) is 2. The number of nitrogens with one attached hydrogen (secondary N) is 2. The molecule has 0 saturated carbocycles. The normalized spacial score (nSPS) is 10.9. The maximum Gasteiger partial charge on any atom is 0.243 e. The Morgan fingerprint density at radius 3 is 2.35 bits per heavy atom. The van der Waals surface area contributed by atoms with E-state index in [-0.39, 0.29) is 22.0 Å². The van der Waals surface area contributed by atoms with Crippen molar-refractivity contribution in [3.8, 4) is 11.5 Å². The van der Waals surface area contributed by atoms with Gasteiger partial charge in [-0.3, -0.25) is 4.79 Å². The van der Waals surface area contributed by atoms with Crippen LogP contribution in [0.1, 0.15) is 0 Å². The molecule has 0 saturated heterocycles. The summed E-state index contributed by atoms with van der Waals surface area (Å²) in [4.78, 5) is 12.6. The molecule has 0 aliphatic carbocycles. The highest BCUT2D eigenvalue weighted by atomic mass is 35.5. The topological polar surface area (TPSA) is 93.7 Å². The molecule has 1 amide bonds. The number of benzene rings is 3. The van der Waals surface area contributed by atoms with Gasteiger partial charge in [0.05, 0.1) is 41.9 Å². The van der Waals surface area contributed by atoms with Crippen LogP contribution in [0, 0.1) is 0 Å². The van der Waals surface area contributed by atoms with Gasteiger partial charge in [-0.15, -0.1) is 0 Å². The summed E-state index contributed by atoms with van der Waals surface area (Å²) in [5, 5.41) is 6.03. The highest BCUT2D eigenvalue weighted by molar-refractivity contribution is 7.91. The van der Waals surface area contributed by atoms with Gasteiger partial charge in [0.25, 0.3) is 0 Å². The first-order valence-electron chi connectivity index (χ1n) is 9.20.